The van der Waals surface area contributed by atoms with E-state index in [-0.39, 0.29) is 17.7 Å². The minimum atomic E-state index is -0.103. The molecule has 1 fully saturated rings. The Bertz CT molecular complexity index is 458. The lowest BCUT2D eigenvalue weighted by atomic mass is 10.2. The molecule has 0 unspecified atom stereocenters. The molecule has 0 radical (unpaired) electrons. The van der Waals surface area contributed by atoms with E-state index in [0.717, 1.165) is 16.4 Å². The van der Waals surface area contributed by atoms with E-state index in [1.54, 1.807) is 6.07 Å². The van der Waals surface area contributed by atoms with Gasteiger partial charge in [0.15, 0.2) is 0 Å². The number of hydrogen-bond donors (Lipinski definition) is 2. The van der Waals surface area contributed by atoms with Crippen LogP contribution >= 0.6 is 22.6 Å². The first-order valence-corrected chi connectivity index (χ1v) is 7.06. The van der Waals surface area contributed by atoms with E-state index < -0.39 is 0 Å². The third-order valence-corrected chi connectivity index (χ3v) is 3.42. The van der Waals surface area contributed by atoms with E-state index in [0.29, 0.717) is 18.7 Å². The zero-order valence-corrected chi connectivity index (χ0v) is 12.1. The molecule has 2 rings (SSSR count). The fourth-order valence-electron chi connectivity index (χ4n) is 1.58. The van der Waals surface area contributed by atoms with Gasteiger partial charge in [-0.25, -0.2) is 0 Å². The summed E-state index contributed by atoms with van der Waals surface area (Å²) >= 11 is 2.17. The van der Waals surface area contributed by atoms with Crippen molar-refractivity contribution in [3.05, 3.63) is 33.4 Å². The van der Waals surface area contributed by atoms with Crippen LogP contribution < -0.4 is 10.6 Å². The molecule has 0 bridgehead atoms. The number of benzene rings is 1. The van der Waals surface area contributed by atoms with Gasteiger partial charge >= 0.3 is 0 Å². The van der Waals surface area contributed by atoms with E-state index >= 15 is 0 Å². The summed E-state index contributed by atoms with van der Waals surface area (Å²) in [7, 11) is 0. The van der Waals surface area contributed by atoms with Crippen molar-refractivity contribution in [2.45, 2.75) is 12.8 Å². The molecule has 1 saturated carbocycles. The summed E-state index contributed by atoms with van der Waals surface area (Å²) in [5.74, 6) is 0.226. The molecular weight excluding hydrogens is 343 g/mol. The molecule has 0 aliphatic heterocycles. The molecule has 1 aliphatic rings. The number of carbonyl (C=O) groups excluding carboxylic acids is 2. The van der Waals surface area contributed by atoms with E-state index in [9.17, 15) is 9.59 Å². The van der Waals surface area contributed by atoms with E-state index in [1.165, 1.54) is 0 Å². The van der Waals surface area contributed by atoms with Gasteiger partial charge in [-0.2, -0.15) is 0 Å². The van der Waals surface area contributed by atoms with Gasteiger partial charge in [0.1, 0.15) is 0 Å². The van der Waals surface area contributed by atoms with Crippen LogP contribution in [-0.4, -0.2) is 24.9 Å². The van der Waals surface area contributed by atoms with Gasteiger partial charge in [-0.15, -0.1) is 0 Å². The van der Waals surface area contributed by atoms with Crippen molar-refractivity contribution in [2.75, 3.05) is 13.1 Å². The average molecular weight is 358 g/mol. The Morgan fingerprint density at radius 1 is 1.22 bits per heavy atom. The van der Waals surface area contributed by atoms with Crippen LogP contribution in [0.4, 0.5) is 0 Å². The number of amides is 2. The molecule has 18 heavy (non-hydrogen) atoms. The monoisotopic (exact) mass is 358 g/mol. The lowest BCUT2D eigenvalue weighted by molar-refractivity contribution is -0.122. The van der Waals surface area contributed by atoms with Crippen molar-refractivity contribution in [1.29, 1.82) is 0 Å². The lowest BCUT2D eigenvalue weighted by Crippen LogP contribution is -2.35. The second kappa shape index (κ2) is 6.17. The van der Waals surface area contributed by atoms with E-state index in [2.05, 4.69) is 33.2 Å². The highest BCUT2D eigenvalue weighted by atomic mass is 127. The van der Waals surface area contributed by atoms with Gasteiger partial charge in [0.25, 0.3) is 5.91 Å². The summed E-state index contributed by atoms with van der Waals surface area (Å²) in [4.78, 5) is 23.1. The normalized spacial score (nSPS) is 14.1. The fraction of sp³-hybridized carbons (Fsp3) is 0.385. The molecule has 5 heteroatoms. The molecule has 1 aliphatic carbocycles. The van der Waals surface area contributed by atoms with Crippen molar-refractivity contribution in [1.82, 2.24) is 10.6 Å². The molecule has 2 amide bonds. The van der Waals surface area contributed by atoms with Gasteiger partial charge in [-0.3, -0.25) is 9.59 Å². The summed E-state index contributed by atoms with van der Waals surface area (Å²) in [6.07, 6.45) is 2.00. The first-order valence-electron chi connectivity index (χ1n) is 5.98. The van der Waals surface area contributed by atoms with Crippen LogP contribution in [0.25, 0.3) is 0 Å². The number of carbonyl (C=O) groups is 2. The van der Waals surface area contributed by atoms with E-state index in [4.69, 9.17) is 0 Å². The lowest BCUT2D eigenvalue weighted by Gasteiger charge is -2.06. The van der Waals surface area contributed by atoms with Crippen LogP contribution in [0.2, 0.25) is 0 Å². The number of hydrogen-bond acceptors (Lipinski definition) is 2. The molecule has 0 spiro atoms. The predicted octanol–water partition coefficient (Wildman–Crippen LogP) is 1.55. The summed E-state index contributed by atoms with van der Waals surface area (Å²) < 4.78 is 1.03. The standard InChI is InChI=1S/C13H15IN2O2/c14-11-3-1-2-10(8-11)13(18)16-7-6-15-12(17)9-4-5-9/h1-3,8-9H,4-7H2,(H,15,17)(H,16,18). The molecular formula is C13H15IN2O2. The van der Waals surface area contributed by atoms with Crippen molar-refractivity contribution >= 4 is 34.4 Å². The molecule has 0 heterocycles. The van der Waals surface area contributed by atoms with Gasteiger partial charge in [-0.05, 0) is 53.6 Å². The van der Waals surface area contributed by atoms with Crippen LogP contribution in [0.3, 0.4) is 0 Å². The van der Waals surface area contributed by atoms with Gasteiger partial charge in [0.05, 0.1) is 0 Å². The smallest absolute Gasteiger partial charge is 0.251 e. The third-order valence-electron chi connectivity index (χ3n) is 2.74. The third kappa shape index (κ3) is 3.97. The average Bonchev–Trinajstić information content (AvgIpc) is 3.18. The summed E-state index contributed by atoms with van der Waals surface area (Å²) in [5, 5.41) is 5.59. The van der Waals surface area contributed by atoms with Crippen molar-refractivity contribution < 1.29 is 9.59 Å². The molecule has 0 aromatic heterocycles. The number of nitrogens with one attached hydrogen (secondary N) is 2. The zero-order valence-electron chi connectivity index (χ0n) is 9.91. The second-order valence-electron chi connectivity index (χ2n) is 4.33. The Labute approximate surface area is 120 Å². The molecule has 4 nitrogen and oxygen atoms in total. The SMILES string of the molecule is O=C(NCCNC(=O)C1CC1)c1cccc(I)c1. The van der Waals surface area contributed by atoms with E-state index in [1.807, 2.05) is 18.2 Å². The number of rotatable bonds is 5. The van der Waals surface area contributed by atoms with Crippen LogP contribution in [0.5, 0.6) is 0 Å². The van der Waals surface area contributed by atoms with Crippen LogP contribution in [0.1, 0.15) is 23.2 Å². The highest BCUT2D eigenvalue weighted by Crippen LogP contribution is 2.28. The topological polar surface area (TPSA) is 58.2 Å². The second-order valence-corrected chi connectivity index (χ2v) is 5.58. The quantitative estimate of drug-likeness (QED) is 0.620. The molecule has 1 aromatic carbocycles. The van der Waals surface area contributed by atoms with Crippen molar-refractivity contribution in [2.24, 2.45) is 5.92 Å². The Balaban J connectivity index is 1.69. The summed E-state index contributed by atoms with van der Waals surface area (Å²) in [6.45, 7) is 0.952. The van der Waals surface area contributed by atoms with Crippen molar-refractivity contribution in [3.8, 4) is 0 Å². The molecule has 96 valence electrons. The molecule has 1 aromatic rings. The Morgan fingerprint density at radius 3 is 2.61 bits per heavy atom. The van der Waals surface area contributed by atoms with Crippen LogP contribution in [0.15, 0.2) is 24.3 Å². The Kier molecular flexibility index (Phi) is 4.57. The highest BCUT2D eigenvalue weighted by molar-refractivity contribution is 14.1. The largest absolute Gasteiger partial charge is 0.354 e. The van der Waals surface area contributed by atoms with Crippen LogP contribution in [-0.2, 0) is 4.79 Å². The predicted molar refractivity (Wildman–Crippen MR) is 77.2 cm³/mol. The summed E-state index contributed by atoms with van der Waals surface area (Å²) in [5.41, 5.74) is 0.649. The van der Waals surface area contributed by atoms with Gasteiger partial charge in [-0.1, -0.05) is 6.07 Å². The van der Waals surface area contributed by atoms with Crippen molar-refractivity contribution in [3.63, 3.8) is 0 Å². The van der Waals surface area contributed by atoms with Gasteiger partial charge in [0, 0.05) is 28.1 Å². The Morgan fingerprint density at radius 2 is 1.94 bits per heavy atom. The van der Waals surface area contributed by atoms with Gasteiger partial charge < -0.3 is 10.6 Å². The maximum absolute atomic E-state index is 11.8. The van der Waals surface area contributed by atoms with Gasteiger partial charge in [0.2, 0.25) is 5.91 Å². The molecule has 0 saturated heterocycles. The first-order chi connectivity index (χ1) is 8.66. The first kappa shape index (κ1) is 13.3. The maximum atomic E-state index is 11.8. The zero-order chi connectivity index (χ0) is 13.0. The Hall–Kier alpha value is -1.11. The molecule has 0 atom stereocenters. The minimum Gasteiger partial charge on any atom is -0.354 e. The maximum Gasteiger partial charge on any atom is 0.251 e. The minimum absolute atomic E-state index is 0.103. The number of halogens is 1. The molecule has 2 N–H and O–H groups in total. The fourth-order valence-corrected chi connectivity index (χ4v) is 2.13. The van der Waals surface area contributed by atoms with Crippen LogP contribution in [0, 0.1) is 9.49 Å². The summed E-state index contributed by atoms with van der Waals surface area (Å²) in [6, 6.07) is 7.40. The highest BCUT2D eigenvalue weighted by Gasteiger charge is 2.28.